The Morgan fingerprint density at radius 2 is 1.93 bits per heavy atom. The largest absolute Gasteiger partial charge is 0.491 e. The standard InChI is InChI=1S/C20H19N5O2S2/c1-11(2)27-14-6-4-13(5-7-14)18-24-25-20(29-18)23-17(26)10-12-3-8-15-16(9-12)28-19(21)22-15/h3-9,11H,10H2,1-2H3,(H2,21,22)(H,23,25,26). The van der Waals surface area contributed by atoms with Crippen LogP contribution in [0.5, 0.6) is 5.75 Å². The predicted molar refractivity (Wildman–Crippen MR) is 117 cm³/mol. The third-order valence-electron chi connectivity index (χ3n) is 3.98. The van der Waals surface area contributed by atoms with Crippen LogP contribution in [0.3, 0.4) is 0 Å². The van der Waals surface area contributed by atoms with E-state index in [2.05, 4.69) is 20.5 Å². The zero-order valence-electron chi connectivity index (χ0n) is 15.9. The number of thiazole rings is 1. The van der Waals surface area contributed by atoms with Crippen LogP contribution in [-0.2, 0) is 11.2 Å². The number of nitrogens with one attached hydrogen (secondary N) is 1. The van der Waals surface area contributed by atoms with Crippen molar-refractivity contribution in [3.05, 3.63) is 48.0 Å². The van der Waals surface area contributed by atoms with E-state index in [-0.39, 0.29) is 18.4 Å². The zero-order valence-corrected chi connectivity index (χ0v) is 17.5. The van der Waals surface area contributed by atoms with Gasteiger partial charge in [0.15, 0.2) is 5.13 Å². The van der Waals surface area contributed by atoms with Crippen molar-refractivity contribution in [2.45, 2.75) is 26.4 Å². The highest BCUT2D eigenvalue weighted by molar-refractivity contribution is 7.22. The molecule has 0 spiro atoms. The summed E-state index contributed by atoms with van der Waals surface area (Å²) >= 11 is 2.74. The summed E-state index contributed by atoms with van der Waals surface area (Å²) in [6.45, 7) is 3.97. The first-order valence-corrected chi connectivity index (χ1v) is 10.6. The Morgan fingerprint density at radius 1 is 1.14 bits per heavy atom. The maximum absolute atomic E-state index is 12.4. The number of hydrogen-bond acceptors (Lipinski definition) is 8. The van der Waals surface area contributed by atoms with Crippen LogP contribution in [0.4, 0.5) is 10.3 Å². The number of carbonyl (C=O) groups is 1. The average molecular weight is 426 g/mol. The highest BCUT2D eigenvalue weighted by Gasteiger charge is 2.12. The van der Waals surface area contributed by atoms with Gasteiger partial charge < -0.3 is 15.8 Å². The fourth-order valence-corrected chi connectivity index (χ4v) is 4.35. The van der Waals surface area contributed by atoms with Gasteiger partial charge in [-0.1, -0.05) is 28.7 Å². The second-order valence-corrected chi connectivity index (χ2v) is 8.72. The SMILES string of the molecule is CC(C)Oc1ccc(-c2nnc(NC(=O)Cc3ccc4nc(N)sc4c3)s2)cc1. The quantitative estimate of drug-likeness (QED) is 0.476. The number of aromatic nitrogens is 3. The molecular weight excluding hydrogens is 406 g/mol. The molecule has 29 heavy (non-hydrogen) atoms. The number of nitrogens with two attached hydrogens (primary N) is 1. The number of rotatable bonds is 6. The summed E-state index contributed by atoms with van der Waals surface area (Å²) in [4.78, 5) is 16.6. The normalized spacial score (nSPS) is 11.1. The number of nitrogens with zero attached hydrogens (tertiary/aromatic N) is 3. The van der Waals surface area contributed by atoms with Gasteiger partial charge in [-0.15, -0.1) is 10.2 Å². The molecule has 0 aliphatic rings. The van der Waals surface area contributed by atoms with Crippen LogP contribution in [0.2, 0.25) is 0 Å². The summed E-state index contributed by atoms with van der Waals surface area (Å²) in [7, 11) is 0. The van der Waals surface area contributed by atoms with Crippen molar-refractivity contribution in [1.29, 1.82) is 0 Å². The minimum atomic E-state index is -0.148. The Morgan fingerprint density at radius 3 is 2.69 bits per heavy atom. The Balaban J connectivity index is 1.40. The van der Waals surface area contributed by atoms with E-state index in [1.165, 1.54) is 22.7 Å². The molecule has 4 rings (SSSR count). The molecule has 7 nitrogen and oxygen atoms in total. The number of ether oxygens (including phenoxy) is 1. The third-order valence-corrected chi connectivity index (χ3v) is 5.71. The second kappa shape index (κ2) is 8.14. The molecule has 3 N–H and O–H groups in total. The van der Waals surface area contributed by atoms with Crippen molar-refractivity contribution in [1.82, 2.24) is 15.2 Å². The van der Waals surface area contributed by atoms with E-state index in [0.29, 0.717) is 10.3 Å². The van der Waals surface area contributed by atoms with E-state index in [9.17, 15) is 4.79 Å². The molecular formula is C20H19N5O2S2. The molecule has 1 amide bonds. The highest BCUT2D eigenvalue weighted by atomic mass is 32.1. The molecule has 0 saturated heterocycles. The van der Waals surface area contributed by atoms with Gasteiger partial charge in [0.2, 0.25) is 11.0 Å². The van der Waals surface area contributed by atoms with Crippen molar-refractivity contribution < 1.29 is 9.53 Å². The lowest BCUT2D eigenvalue weighted by atomic mass is 10.1. The number of fused-ring (bicyclic) bond motifs is 1. The predicted octanol–water partition coefficient (Wildman–Crippen LogP) is 4.37. The Bertz CT molecular complexity index is 1150. The minimum absolute atomic E-state index is 0.123. The summed E-state index contributed by atoms with van der Waals surface area (Å²) in [5, 5.41) is 12.8. The van der Waals surface area contributed by atoms with Crippen LogP contribution >= 0.6 is 22.7 Å². The number of nitrogen functional groups attached to an aromatic ring is 1. The van der Waals surface area contributed by atoms with E-state index >= 15 is 0 Å². The molecule has 148 valence electrons. The van der Waals surface area contributed by atoms with Crippen LogP contribution in [0.1, 0.15) is 19.4 Å². The summed E-state index contributed by atoms with van der Waals surface area (Å²) in [5.41, 5.74) is 8.39. The average Bonchev–Trinajstić information content (AvgIpc) is 3.27. The number of amides is 1. The summed E-state index contributed by atoms with van der Waals surface area (Å²) in [6, 6.07) is 13.4. The van der Waals surface area contributed by atoms with Gasteiger partial charge in [0.05, 0.1) is 22.7 Å². The van der Waals surface area contributed by atoms with Gasteiger partial charge in [0, 0.05) is 5.56 Å². The highest BCUT2D eigenvalue weighted by Crippen LogP contribution is 2.28. The maximum Gasteiger partial charge on any atom is 0.230 e. The van der Waals surface area contributed by atoms with Gasteiger partial charge >= 0.3 is 0 Å². The lowest BCUT2D eigenvalue weighted by Gasteiger charge is -2.09. The van der Waals surface area contributed by atoms with Gasteiger partial charge in [0.1, 0.15) is 10.8 Å². The molecule has 0 saturated carbocycles. The van der Waals surface area contributed by atoms with E-state index in [1.54, 1.807) is 0 Å². The second-order valence-electron chi connectivity index (χ2n) is 6.68. The first-order valence-electron chi connectivity index (χ1n) is 9.01. The number of anilines is 2. The minimum Gasteiger partial charge on any atom is -0.491 e. The Kier molecular flexibility index (Phi) is 5.41. The topological polar surface area (TPSA) is 103 Å². The van der Waals surface area contributed by atoms with Crippen LogP contribution < -0.4 is 15.8 Å². The van der Waals surface area contributed by atoms with Gasteiger partial charge in [-0.05, 0) is 55.8 Å². The first-order chi connectivity index (χ1) is 14.0. The van der Waals surface area contributed by atoms with Crippen molar-refractivity contribution >= 4 is 49.1 Å². The lowest BCUT2D eigenvalue weighted by Crippen LogP contribution is -2.14. The third kappa shape index (κ3) is 4.69. The molecule has 2 heterocycles. The van der Waals surface area contributed by atoms with Gasteiger partial charge in [-0.2, -0.15) is 0 Å². The fraction of sp³-hybridized carbons (Fsp3) is 0.200. The molecule has 2 aromatic heterocycles. The van der Waals surface area contributed by atoms with Crippen LogP contribution in [0.25, 0.3) is 20.8 Å². The van der Waals surface area contributed by atoms with Gasteiger partial charge in [-0.3, -0.25) is 4.79 Å². The van der Waals surface area contributed by atoms with Crippen molar-refractivity contribution in [3.8, 4) is 16.3 Å². The summed E-state index contributed by atoms with van der Waals surface area (Å²) in [5.74, 6) is 0.659. The fourth-order valence-electron chi connectivity index (χ4n) is 2.78. The molecule has 0 aliphatic heterocycles. The molecule has 0 fully saturated rings. The molecule has 0 atom stereocenters. The van der Waals surface area contributed by atoms with E-state index in [1.807, 2.05) is 56.3 Å². The van der Waals surface area contributed by atoms with Gasteiger partial charge in [0.25, 0.3) is 0 Å². The molecule has 0 bridgehead atoms. The first kappa shape index (κ1) is 19.3. The zero-order chi connectivity index (χ0) is 20.4. The number of benzene rings is 2. The van der Waals surface area contributed by atoms with Crippen LogP contribution in [-0.4, -0.2) is 27.2 Å². The number of hydrogen-bond donors (Lipinski definition) is 2. The van der Waals surface area contributed by atoms with E-state index in [0.717, 1.165) is 32.1 Å². The maximum atomic E-state index is 12.4. The van der Waals surface area contributed by atoms with Gasteiger partial charge in [-0.25, -0.2) is 4.98 Å². The number of carbonyl (C=O) groups excluding carboxylic acids is 1. The Hall–Kier alpha value is -3.04. The van der Waals surface area contributed by atoms with Crippen molar-refractivity contribution in [2.24, 2.45) is 0 Å². The van der Waals surface area contributed by atoms with Crippen molar-refractivity contribution in [3.63, 3.8) is 0 Å². The molecule has 4 aromatic rings. The summed E-state index contributed by atoms with van der Waals surface area (Å²) in [6.07, 6.45) is 0.363. The molecule has 0 aliphatic carbocycles. The van der Waals surface area contributed by atoms with E-state index < -0.39 is 0 Å². The van der Waals surface area contributed by atoms with Crippen molar-refractivity contribution in [2.75, 3.05) is 11.1 Å². The molecule has 0 radical (unpaired) electrons. The van der Waals surface area contributed by atoms with Crippen LogP contribution in [0.15, 0.2) is 42.5 Å². The lowest BCUT2D eigenvalue weighted by molar-refractivity contribution is -0.115. The molecule has 0 unspecified atom stereocenters. The smallest absolute Gasteiger partial charge is 0.230 e. The summed E-state index contributed by atoms with van der Waals surface area (Å²) < 4.78 is 6.62. The van der Waals surface area contributed by atoms with E-state index in [4.69, 9.17) is 10.5 Å². The monoisotopic (exact) mass is 425 g/mol. The Labute approximate surface area is 175 Å². The van der Waals surface area contributed by atoms with Crippen LogP contribution in [0, 0.1) is 0 Å². The molecule has 9 heteroatoms. The molecule has 2 aromatic carbocycles.